The molecule has 1 amide bonds. The normalized spacial score (nSPS) is 24.7. The van der Waals surface area contributed by atoms with Crippen molar-refractivity contribution in [3.63, 3.8) is 0 Å². The number of nitrogen functional groups attached to an aromatic ring is 1. The summed E-state index contributed by atoms with van der Waals surface area (Å²) >= 11 is 0. The predicted octanol–water partition coefficient (Wildman–Crippen LogP) is 2.42. The lowest BCUT2D eigenvalue weighted by molar-refractivity contribution is 0.0395. The van der Waals surface area contributed by atoms with E-state index in [-0.39, 0.29) is 36.8 Å². The second kappa shape index (κ2) is 7.34. The average molecular weight is 332 g/mol. The van der Waals surface area contributed by atoms with Crippen LogP contribution in [0.3, 0.4) is 0 Å². The Bertz CT molecular complexity index is 498. The fourth-order valence-electron chi connectivity index (χ4n) is 3.31. The van der Waals surface area contributed by atoms with Gasteiger partial charge < -0.3 is 10.6 Å². The van der Waals surface area contributed by atoms with E-state index in [0.717, 1.165) is 13.1 Å². The first-order chi connectivity index (χ1) is 9.15. The zero-order valence-electron chi connectivity index (χ0n) is 12.2. The predicted molar refractivity (Wildman–Crippen MR) is 90.4 cm³/mol. The summed E-state index contributed by atoms with van der Waals surface area (Å²) in [7, 11) is 0. The molecule has 2 aliphatic heterocycles. The Morgan fingerprint density at radius 3 is 2.76 bits per heavy atom. The largest absolute Gasteiger partial charge is 0.399 e. The van der Waals surface area contributed by atoms with E-state index in [1.807, 2.05) is 23.1 Å². The molecule has 2 aliphatic rings. The Morgan fingerprint density at radius 1 is 1.29 bits per heavy atom. The topological polar surface area (TPSA) is 49.6 Å². The van der Waals surface area contributed by atoms with Crippen LogP contribution in [0.1, 0.15) is 30.1 Å². The summed E-state index contributed by atoms with van der Waals surface area (Å²) in [6.07, 6.45) is 2.48. The van der Waals surface area contributed by atoms with Crippen LogP contribution in [0.15, 0.2) is 24.3 Å². The van der Waals surface area contributed by atoms with E-state index in [1.54, 1.807) is 6.07 Å². The van der Waals surface area contributed by atoms with Crippen LogP contribution in [0.4, 0.5) is 5.69 Å². The van der Waals surface area contributed by atoms with Crippen molar-refractivity contribution in [3.05, 3.63) is 29.8 Å². The fourth-order valence-corrected chi connectivity index (χ4v) is 3.31. The van der Waals surface area contributed by atoms with Crippen molar-refractivity contribution >= 4 is 36.4 Å². The highest BCUT2D eigenvalue weighted by molar-refractivity contribution is 5.95. The maximum atomic E-state index is 12.6. The van der Waals surface area contributed by atoms with Gasteiger partial charge in [-0.15, -0.1) is 24.8 Å². The van der Waals surface area contributed by atoms with Gasteiger partial charge >= 0.3 is 0 Å². The molecule has 3 rings (SSSR count). The highest BCUT2D eigenvalue weighted by Gasteiger charge is 2.36. The zero-order valence-corrected chi connectivity index (χ0v) is 13.8. The Labute approximate surface area is 138 Å². The standard InChI is InChI=1S/C15H21N3O.2ClH/c1-11-9-17-7-3-6-14(17)10-18(11)15(19)12-4-2-5-13(16)8-12;;/h2,4-5,8,11,14H,3,6-7,9-10,16H2,1H3;2*1H. The Morgan fingerprint density at radius 2 is 2.05 bits per heavy atom. The summed E-state index contributed by atoms with van der Waals surface area (Å²) in [6, 6.07) is 8.13. The van der Waals surface area contributed by atoms with Crippen molar-refractivity contribution in [1.29, 1.82) is 0 Å². The van der Waals surface area contributed by atoms with Crippen molar-refractivity contribution < 1.29 is 4.79 Å². The molecule has 2 saturated heterocycles. The van der Waals surface area contributed by atoms with Gasteiger partial charge in [-0.3, -0.25) is 9.69 Å². The van der Waals surface area contributed by atoms with Crippen molar-refractivity contribution in [2.24, 2.45) is 0 Å². The number of benzene rings is 1. The van der Waals surface area contributed by atoms with Gasteiger partial charge in [0.25, 0.3) is 5.91 Å². The molecule has 2 N–H and O–H groups in total. The van der Waals surface area contributed by atoms with E-state index in [4.69, 9.17) is 5.73 Å². The van der Waals surface area contributed by atoms with Crippen LogP contribution in [0.25, 0.3) is 0 Å². The number of piperazine rings is 1. The summed E-state index contributed by atoms with van der Waals surface area (Å²) in [5, 5.41) is 0. The van der Waals surface area contributed by atoms with E-state index in [2.05, 4.69) is 11.8 Å². The maximum absolute atomic E-state index is 12.6. The molecule has 118 valence electrons. The molecule has 0 saturated carbocycles. The monoisotopic (exact) mass is 331 g/mol. The lowest BCUT2D eigenvalue weighted by Crippen LogP contribution is -2.56. The lowest BCUT2D eigenvalue weighted by Gasteiger charge is -2.42. The molecule has 0 spiro atoms. The smallest absolute Gasteiger partial charge is 0.254 e. The molecular weight excluding hydrogens is 309 g/mol. The quantitative estimate of drug-likeness (QED) is 0.804. The van der Waals surface area contributed by atoms with Crippen molar-refractivity contribution in [1.82, 2.24) is 9.80 Å². The van der Waals surface area contributed by atoms with Crippen LogP contribution in [-0.4, -0.2) is 47.4 Å². The highest BCUT2D eigenvalue weighted by atomic mass is 35.5. The number of nitrogens with zero attached hydrogens (tertiary/aromatic N) is 2. The summed E-state index contributed by atoms with van der Waals surface area (Å²) < 4.78 is 0. The minimum absolute atomic E-state index is 0. The summed E-state index contributed by atoms with van der Waals surface area (Å²) in [4.78, 5) is 17.1. The number of fused-ring (bicyclic) bond motifs is 1. The first kappa shape index (κ1) is 18.1. The molecule has 2 unspecified atom stereocenters. The SMILES string of the molecule is CC1CN2CCCC2CN1C(=O)c1cccc(N)c1.Cl.Cl. The molecule has 0 aliphatic carbocycles. The second-order valence-electron chi connectivity index (χ2n) is 5.72. The second-order valence-corrected chi connectivity index (χ2v) is 5.72. The molecule has 0 radical (unpaired) electrons. The number of hydrogen-bond acceptors (Lipinski definition) is 3. The van der Waals surface area contributed by atoms with E-state index in [0.29, 0.717) is 17.3 Å². The zero-order chi connectivity index (χ0) is 13.4. The number of anilines is 1. The molecule has 4 nitrogen and oxygen atoms in total. The number of amides is 1. The number of nitrogens with two attached hydrogens (primary N) is 1. The molecule has 1 aromatic rings. The third-order valence-electron chi connectivity index (χ3n) is 4.33. The highest BCUT2D eigenvalue weighted by Crippen LogP contribution is 2.25. The molecule has 0 aromatic heterocycles. The molecule has 1 aromatic carbocycles. The van der Waals surface area contributed by atoms with Gasteiger partial charge in [-0.2, -0.15) is 0 Å². The van der Waals surface area contributed by atoms with Crippen LogP contribution in [0.2, 0.25) is 0 Å². The van der Waals surface area contributed by atoms with E-state index >= 15 is 0 Å². The van der Waals surface area contributed by atoms with Crippen LogP contribution in [0, 0.1) is 0 Å². The molecular formula is C15H23Cl2N3O. The number of rotatable bonds is 1. The lowest BCUT2D eigenvalue weighted by atomic mass is 10.1. The summed E-state index contributed by atoms with van der Waals surface area (Å²) in [5.74, 6) is 0.117. The summed E-state index contributed by atoms with van der Waals surface area (Å²) in [5.41, 5.74) is 7.12. The fraction of sp³-hybridized carbons (Fsp3) is 0.533. The molecule has 0 bridgehead atoms. The molecule has 21 heavy (non-hydrogen) atoms. The third kappa shape index (κ3) is 3.62. The van der Waals surface area contributed by atoms with Crippen LogP contribution >= 0.6 is 24.8 Å². The number of halogens is 2. The van der Waals surface area contributed by atoms with E-state index in [1.165, 1.54) is 19.4 Å². The van der Waals surface area contributed by atoms with Gasteiger partial charge in [0, 0.05) is 36.4 Å². The van der Waals surface area contributed by atoms with Crippen LogP contribution in [-0.2, 0) is 0 Å². The van der Waals surface area contributed by atoms with Crippen LogP contribution < -0.4 is 5.73 Å². The molecule has 6 heteroatoms. The van der Waals surface area contributed by atoms with E-state index < -0.39 is 0 Å². The van der Waals surface area contributed by atoms with Gasteiger partial charge in [0.1, 0.15) is 0 Å². The van der Waals surface area contributed by atoms with Crippen molar-refractivity contribution in [2.45, 2.75) is 31.8 Å². The number of hydrogen-bond donors (Lipinski definition) is 1. The van der Waals surface area contributed by atoms with Gasteiger partial charge in [-0.1, -0.05) is 6.07 Å². The molecule has 2 atom stereocenters. The van der Waals surface area contributed by atoms with Gasteiger partial charge in [-0.05, 0) is 44.5 Å². The van der Waals surface area contributed by atoms with Crippen molar-refractivity contribution in [3.8, 4) is 0 Å². The van der Waals surface area contributed by atoms with Gasteiger partial charge in [0.2, 0.25) is 0 Å². The molecule has 2 fully saturated rings. The molecule has 2 heterocycles. The van der Waals surface area contributed by atoms with E-state index in [9.17, 15) is 4.79 Å². The van der Waals surface area contributed by atoms with Crippen LogP contribution in [0.5, 0.6) is 0 Å². The third-order valence-corrected chi connectivity index (χ3v) is 4.33. The number of carbonyl (C=O) groups is 1. The minimum Gasteiger partial charge on any atom is -0.399 e. The maximum Gasteiger partial charge on any atom is 0.254 e. The first-order valence-electron chi connectivity index (χ1n) is 7.05. The number of carbonyl (C=O) groups excluding carboxylic acids is 1. The minimum atomic E-state index is 0. The van der Waals surface area contributed by atoms with Crippen molar-refractivity contribution in [2.75, 3.05) is 25.4 Å². The first-order valence-corrected chi connectivity index (χ1v) is 7.05. The Kier molecular flexibility index (Phi) is 6.32. The Balaban J connectivity index is 0.00000110. The van der Waals surface area contributed by atoms with Gasteiger partial charge in [0.05, 0.1) is 0 Å². The average Bonchev–Trinajstić information content (AvgIpc) is 2.84. The summed E-state index contributed by atoms with van der Waals surface area (Å²) in [6.45, 7) is 5.18. The van der Waals surface area contributed by atoms with Gasteiger partial charge in [-0.25, -0.2) is 0 Å². The Hall–Kier alpha value is -0.970. The van der Waals surface area contributed by atoms with Gasteiger partial charge in [0.15, 0.2) is 0 Å².